The van der Waals surface area contributed by atoms with Crippen molar-refractivity contribution in [1.82, 2.24) is 4.90 Å². The summed E-state index contributed by atoms with van der Waals surface area (Å²) < 4.78 is 0. The zero-order chi connectivity index (χ0) is 17.4. The largest absolute Gasteiger partial charge is 0.390 e. The Morgan fingerprint density at radius 1 is 1.12 bits per heavy atom. The molecule has 5 atom stereocenters. The summed E-state index contributed by atoms with van der Waals surface area (Å²) in [5.74, 6) is 6.26. The lowest BCUT2D eigenvalue weighted by Crippen LogP contribution is -2.57. The number of carbonyl (C=O) groups excluding carboxylic acids is 2. The highest BCUT2D eigenvalue weighted by molar-refractivity contribution is 5.89. The van der Waals surface area contributed by atoms with Gasteiger partial charge in [-0.05, 0) is 74.5 Å². The van der Waals surface area contributed by atoms with Crippen molar-refractivity contribution in [1.29, 1.82) is 0 Å². The van der Waals surface area contributed by atoms with Crippen LogP contribution in [0.3, 0.4) is 0 Å². The molecule has 4 bridgehead atoms. The Balaban J connectivity index is 1.35. The van der Waals surface area contributed by atoms with E-state index in [4.69, 9.17) is 5.84 Å². The summed E-state index contributed by atoms with van der Waals surface area (Å²) in [7, 11) is 0. The normalized spacial score (nSPS) is 49.6. The first-order chi connectivity index (χ1) is 11.9. The number of carbonyl (C=O) groups is 2. The number of piperidine rings is 1. The van der Waals surface area contributed by atoms with Crippen molar-refractivity contribution >= 4 is 11.8 Å². The molecule has 5 saturated carbocycles. The molecule has 1 aliphatic heterocycles. The molecular weight excluding hydrogens is 320 g/mol. The van der Waals surface area contributed by atoms with Gasteiger partial charge >= 0.3 is 0 Å². The highest BCUT2D eigenvalue weighted by atomic mass is 16.3. The van der Waals surface area contributed by atoms with Gasteiger partial charge in [0.1, 0.15) is 6.04 Å². The Hall–Kier alpha value is -1.50. The highest BCUT2D eigenvalue weighted by Gasteiger charge is 2.60. The molecule has 6 fully saturated rings. The molecule has 1 heterocycles. The molecule has 2 amide bonds. The van der Waals surface area contributed by atoms with Crippen LogP contribution in [0.5, 0.6) is 0 Å². The molecule has 3 N–H and O–H groups in total. The molecule has 0 spiro atoms. The third-order valence-electron chi connectivity index (χ3n) is 7.51. The second-order valence-electron chi connectivity index (χ2n) is 9.53. The molecule has 0 aromatic rings. The number of fused-ring (bicyclic) bond motifs is 1. The Bertz CT molecular complexity index is 649. The third-order valence-corrected chi connectivity index (χ3v) is 7.51. The number of aliphatic hydroxyl groups is 1. The van der Waals surface area contributed by atoms with E-state index < -0.39 is 17.6 Å². The maximum Gasteiger partial charge on any atom is 0.288 e. The Morgan fingerprint density at radius 3 is 2.48 bits per heavy atom. The van der Waals surface area contributed by atoms with Gasteiger partial charge in [-0.25, -0.2) is 0 Å². The van der Waals surface area contributed by atoms with Crippen LogP contribution in [-0.4, -0.2) is 39.5 Å². The zero-order valence-electron chi connectivity index (χ0n) is 14.4. The van der Waals surface area contributed by atoms with E-state index in [0.29, 0.717) is 30.6 Å². The lowest BCUT2D eigenvalue weighted by Gasteiger charge is -2.60. The molecule has 7 nitrogen and oxygen atoms in total. The van der Waals surface area contributed by atoms with E-state index in [9.17, 15) is 14.7 Å². The molecule has 136 valence electrons. The van der Waals surface area contributed by atoms with E-state index in [-0.39, 0.29) is 17.4 Å². The Morgan fingerprint density at radius 2 is 1.84 bits per heavy atom. The van der Waals surface area contributed by atoms with Gasteiger partial charge in [0.05, 0.1) is 5.60 Å². The molecule has 5 aliphatic carbocycles. The van der Waals surface area contributed by atoms with E-state index in [1.165, 1.54) is 6.42 Å². The van der Waals surface area contributed by atoms with Gasteiger partial charge in [0.25, 0.3) is 5.91 Å². The van der Waals surface area contributed by atoms with Crippen molar-refractivity contribution in [3.63, 3.8) is 0 Å². The fraction of sp³-hybridized carbons (Fsp3) is 0.889. The zero-order valence-corrected chi connectivity index (χ0v) is 14.4. The van der Waals surface area contributed by atoms with Crippen molar-refractivity contribution in [2.75, 3.05) is 0 Å². The van der Waals surface area contributed by atoms with E-state index in [2.05, 4.69) is 10.3 Å². The molecule has 6 aliphatic rings. The molecule has 6 rings (SSSR count). The summed E-state index contributed by atoms with van der Waals surface area (Å²) in [6.45, 7) is 0. The van der Waals surface area contributed by atoms with E-state index in [1.807, 2.05) is 0 Å². The molecule has 0 aromatic heterocycles. The minimum atomic E-state index is -0.555. The highest BCUT2D eigenvalue weighted by Crippen LogP contribution is 2.63. The van der Waals surface area contributed by atoms with Crippen LogP contribution in [0.1, 0.15) is 57.8 Å². The maximum atomic E-state index is 13.2. The minimum Gasteiger partial charge on any atom is -0.390 e. The van der Waals surface area contributed by atoms with Crippen molar-refractivity contribution in [3.8, 4) is 0 Å². The first kappa shape index (κ1) is 15.7. The van der Waals surface area contributed by atoms with Crippen LogP contribution in [0.4, 0.5) is 0 Å². The molecule has 0 radical (unpaired) electrons. The fourth-order valence-corrected chi connectivity index (χ4v) is 7.18. The van der Waals surface area contributed by atoms with Crippen molar-refractivity contribution in [2.45, 2.75) is 75.5 Å². The number of amides is 2. The maximum absolute atomic E-state index is 13.2. The van der Waals surface area contributed by atoms with Gasteiger partial charge in [0.2, 0.25) is 5.91 Å². The van der Waals surface area contributed by atoms with Gasteiger partial charge in [0.15, 0.2) is 0 Å². The van der Waals surface area contributed by atoms with E-state index in [1.54, 1.807) is 4.90 Å². The number of hydrogen-bond donors (Lipinski definition) is 2. The van der Waals surface area contributed by atoms with Crippen molar-refractivity contribution in [3.05, 3.63) is 0 Å². The van der Waals surface area contributed by atoms with Gasteiger partial charge in [-0.1, -0.05) is 10.3 Å². The second kappa shape index (κ2) is 5.02. The predicted molar refractivity (Wildman–Crippen MR) is 87.9 cm³/mol. The van der Waals surface area contributed by atoms with Crippen LogP contribution >= 0.6 is 0 Å². The van der Waals surface area contributed by atoms with Crippen LogP contribution in [-0.2, 0) is 9.59 Å². The number of rotatable bonds is 3. The van der Waals surface area contributed by atoms with Crippen LogP contribution in [0.15, 0.2) is 10.3 Å². The summed E-state index contributed by atoms with van der Waals surface area (Å²) in [5.41, 5.74) is -0.619. The average Bonchev–Trinajstić information content (AvgIpc) is 3.14. The summed E-state index contributed by atoms with van der Waals surface area (Å²) in [6, 6.07) is -0.285. The van der Waals surface area contributed by atoms with E-state index in [0.717, 1.165) is 38.5 Å². The summed E-state index contributed by atoms with van der Waals surface area (Å²) >= 11 is 0. The van der Waals surface area contributed by atoms with Crippen molar-refractivity contribution < 1.29 is 14.7 Å². The quantitative estimate of drug-likeness (QED) is 0.459. The number of likely N-dealkylation sites (tertiary alicyclic amines) is 1. The molecule has 4 unspecified atom stereocenters. The fourth-order valence-electron chi connectivity index (χ4n) is 7.18. The SMILES string of the molecule is NN=NC(=O)[C@@H]1CC2CC2N1C(=O)CC12CC3CC(CC(O)(C3)C1)C2. The topological polar surface area (TPSA) is 108 Å². The molecule has 0 aromatic carbocycles. The van der Waals surface area contributed by atoms with Gasteiger partial charge < -0.3 is 15.8 Å². The monoisotopic (exact) mass is 346 g/mol. The number of hydrogen-bond acceptors (Lipinski definition) is 4. The lowest BCUT2D eigenvalue weighted by molar-refractivity contribution is -0.173. The predicted octanol–water partition coefficient (Wildman–Crippen LogP) is 1.55. The van der Waals surface area contributed by atoms with Crippen LogP contribution < -0.4 is 5.84 Å². The average molecular weight is 346 g/mol. The summed E-state index contributed by atoms with van der Waals surface area (Å²) in [5, 5.41) is 17.5. The van der Waals surface area contributed by atoms with E-state index >= 15 is 0 Å². The molecule has 1 saturated heterocycles. The lowest BCUT2D eigenvalue weighted by atomic mass is 9.47. The van der Waals surface area contributed by atoms with Crippen LogP contribution in [0, 0.1) is 23.2 Å². The van der Waals surface area contributed by atoms with Gasteiger partial charge in [-0.15, -0.1) is 0 Å². The van der Waals surface area contributed by atoms with Crippen molar-refractivity contribution in [2.24, 2.45) is 39.3 Å². The van der Waals surface area contributed by atoms with Gasteiger partial charge in [-0.2, -0.15) is 0 Å². The first-order valence-corrected chi connectivity index (χ1v) is 9.59. The Labute approximate surface area is 147 Å². The number of nitrogens with two attached hydrogens (primary N) is 1. The van der Waals surface area contributed by atoms with Gasteiger partial charge in [-0.3, -0.25) is 9.59 Å². The first-order valence-electron chi connectivity index (χ1n) is 9.59. The molecule has 25 heavy (non-hydrogen) atoms. The minimum absolute atomic E-state index is 0.0636. The third kappa shape index (κ3) is 2.42. The van der Waals surface area contributed by atoms with Crippen LogP contribution in [0.2, 0.25) is 0 Å². The summed E-state index contributed by atoms with van der Waals surface area (Å²) in [4.78, 5) is 27.1. The van der Waals surface area contributed by atoms with Gasteiger partial charge in [0, 0.05) is 12.5 Å². The smallest absolute Gasteiger partial charge is 0.288 e. The Kier molecular flexibility index (Phi) is 3.16. The molecule has 7 heteroatoms. The number of nitrogens with zero attached hydrogens (tertiary/aromatic N) is 3. The molecular formula is C18H26N4O3. The standard InChI is InChI=1S/C18H26N4O3/c19-21-20-16(24)14-3-12-2-13(12)22(14)15(23)8-17-4-10-1-11(5-17)7-18(25,6-10)9-17/h10-14,25H,1-9H2,(H2,19,20,24)/t10?,11?,12?,13?,14-,17?,18?/m0/s1. The second-order valence-corrected chi connectivity index (χ2v) is 9.53. The summed E-state index contributed by atoms with van der Waals surface area (Å²) in [6.07, 6.45) is 8.05. The van der Waals surface area contributed by atoms with Crippen LogP contribution in [0.25, 0.3) is 0 Å².